The number of Topliss-reactive ketones (excluding diaryl/α,β-unsaturated/α-hetero) is 1. The topological polar surface area (TPSA) is 46.2 Å². The SMILES string of the molecule is CSc1ccc(C(=O)CC(C)(C)C(=O)NCCc2ccccc2F)cc1. The second-order valence-electron chi connectivity index (χ2n) is 6.81. The molecule has 0 radical (unpaired) electrons. The number of benzene rings is 2. The van der Waals surface area contributed by atoms with Crippen LogP contribution in [0.2, 0.25) is 0 Å². The summed E-state index contributed by atoms with van der Waals surface area (Å²) in [6, 6.07) is 13.9. The fourth-order valence-electron chi connectivity index (χ4n) is 2.61. The van der Waals surface area contributed by atoms with Gasteiger partial charge in [0.05, 0.1) is 5.41 Å². The predicted octanol–water partition coefficient (Wildman–Crippen LogP) is 4.51. The molecule has 0 bridgehead atoms. The number of carbonyl (C=O) groups excluding carboxylic acids is 2. The van der Waals surface area contributed by atoms with Crippen molar-refractivity contribution in [3.8, 4) is 0 Å². The molecule has 0 saturated carbocycles. The van der Waals surface area contributed by atoms with Crippen LogP contribution in [0.4, 0.5) is 4.39 Å². The first-order chi connectivity index (χ1) is 12.3. The third-order valence-electron chi connectivity index (χ3n) is 4.27. The second kappa shape index (κ2) is 8.99. The number of hydrogen-bond acceptors (Lipinski definition) is 3. The summed E-state index contributed by atoms with van der Waals surface area (Å²) < 4.78 is 13.6. The van der Waals surface area contributed by atoms with E-state index in [1.165, 1.54) is 6.07 Å². The lowest BCUT2D eigenvalue weighted by Gasteiger charge is -2.23. The van der Waals surface area contributed by atoms with Crippen LogP contribution in [0.1, 0.15) is 36.2 Å². The summed E-state index contributed by atoms with van der Waals surface area (Å²) in [6.07, 6.45) is 2.52. The molecule has 5 heteroatoms. The summed E-state index contributed by atoms with van der Waals surface area (Å²) in [5, 5.41) is 2.81. The van der Waals surface area contributed by atoms with Crippen molar-refractivity contribution in [3.05, 3.63) is 65.5 Å². The molecule has 1 N–H and O–H groups in total. The number of nitrogens with one attached hydrogen (secondary N) is 1. The number of ketones is 1. The molecule has 26 heavy (non-hydrogen) atoms. The van der Waals surface area contributed by atoms with Gasteiger partial charge in [-0.25, -0.2) is 4.39 Å². The number of thioether (sulfide) groups is 1. The van der Waals surface area contributed by atoms with Gasteiger partial charge in [0.15, 0.2) is 5.78 Å². The maximum Gasteiger partial charge on any atom is 0.226 e. The van der Waals surface area contributed by atoms with Gasteiger partial charge in [0.1, 0.15) is 5.82 Å². The summed E-state index contributed by atoms with van der Waals surface area (Å²) in [5.74, 6) is -0.542. The third-order valence-corrected chi connectivity index (χ3v) is 5.01. The average Bonchev–Trinajstić information content (AvgIpc) is 2.63. The molecule has 0 heterocycles. The Labute approximate surface area is 158 Å². The molecular weight excluding hydrogens is 349 g/mol. The molecule has 0 aliphatic carbocycles. The van der Waals surface area contributed by atoms with Crippen molar-refractivity contribution >= 4 is 23.5 Å². The van der Waals surface area contributed by atoms with Gasteiger partial charge in [-0.3, -0.25) is 9.59 Å². The van der Waals surface area contributed by atoms with Gasteiger partial charge in [-0.2, -0.15) is 0 Å². The zero-order chi connectivity index (χ0) is 19.2. The fourth-order valence-corrected chi connectivity index (χ4v) is 3.02. The number of rotatable bonds is 8. The highest BCUT2D eigenvalue weighted by Crippen LogP contribution is 2.24. The van der Waals surface area contributed by atoms with Crippen molar-refractivity contribution in [2.45, 2.75) is 31.6 Å². The zero-order valence-electron chi connectivity index (χ0n) is 15.3. The molecule has 0 unspecified atom stereocenters. The van der Waals surface area contributed by atoms with Crippen LogP contribution < -0.4 is 5.32 Å². The van der Waals surface area contributed by atoms with Gasteiger partial charge in [-0.05, 0) is 36.4 Å². The number of hydrogen-bond donors (Lipinski definition) is 1. The van der Waals surface area contributed by atoms with E-state index in [9.17, 15) is 14.0 Å². The van der Waals surface area contributed by atoms with Crippen LogP contribution in [0, 0.1) is 11.2 Å². The Hall–Kier alpha value is -2.14. The Kier molecular flexibility index (Phi) is 6.98. The van der Waals surface area contributed by atoms with E-state index in [0.717, 1.165) is 4.90 Å². The molecule has 0 saturated heterocycles. The Morgan fingerprint density at radius 3 is 2.35 bits per heavy atom. The largest absolute Gasteiger partial charge is 0.355 e. The average molecular weight is 373 g/mol. The quantitative estimate of drug-likeness (QED) is 0.547. The van der Waals surface area contributed by atoms with Crippen LogP contribution >= 0.6 is 11.8 Å². The van der Waals surface area contributed by atoms with Crippen LogP contribution in [0.15, 0.2) is 53.4 Å². The molecular formula is C21H24FNO2S. The van der Waals surface area contributed by atoms with E-state index in [2.05, 4.69) is 5.32 Å². The molecule has 3 nitrogen and oxygen atoms in total. The van der Waals surface area contributed by atoms with Crippen molar-refractivity contribution in [2.24, 2.45) is 5.41 Å². The van der Waals surface area contributed by atoms with Crippen LogP contribution in [0.25, 0.3) is 0 Å². The van der Waals surface area contributed by atoms with Crippen LogP contribution in [-0.4, -0.2) is 24.5 Å². The summed E-state index contributed by atoms with van der Waals surface area (Å²) in [7, 11) is 0. The highest BCUT2D eigenvalue weighted by molar-refractivity contribution is 7.98. The lowest BCUT2D eigenvalue weighted by atomic mass is 9.84. The molecule has 0 fully saturated rings. The van der Waals surface area contributed by atoms with Crippen LogP contribution in [0.5, 0.6) is 0 Å². The van der Waals surface area contributed by atoms with E-state index >= 15 is 0 Å². The molecule has 2 rings (SSSR count). The Morgan fingerprint density at radius 1 is 1.08 bits per heavy atom. The van der Waals surface area contributed by atoms with Gasteiger partial charge < -0.3 is 5.32 Å². The van der Waals surface area contributed by atoms with Crippen molar-refractivity contribution in [1.82, 2.24) is 5.32 Å². The van der Waals surface area contributed by atoms with Crippen molar-refractivity contribution < 1.29 is 14.0 Å². The van der Waals surface area contributed by atoms with Gasteiger partial charge >= 0.3 is 0 Å². The molecule has 0 spiro atoms. The number of amides is 1. The maximum atomic E-state index is 13.6. The minimum Gasteiger partial charge on any atom is -0.355 e. The molecule has 2 aromatic rings. The van der Waals surface area contributed by atoms with E-state index in [1.807, 2.05) is 18.4 Å². The Balaban J connectivity index is 1.90. The van der Waals surface area contributed by atoms with E-state index in [0.29, 0.717) is 24.1 Å². The van der Waals surface area contributed by atoms with E-state index in [4.69, 9.17) is 0 Å². The lowest BCUT2D eigenvalue weighted by molar-refractivity contribution is -0.129. The van der Waals surface area contributed by atoms with Crippen molar-refractivity contribution in [3.63, 3.8) is 0 Å². The summed E-state index contributed by atoms with van der Waals surface area (Å²) in [6.45, 7) is 3.83. The second-order valence-corrected chi connectivity index (χ2v) is 7.69. The van der Waals surface area contributed by atoms with Gasteiger partial charge in [-0.15, -0.1) is 11.8 Å². The van der Waals surface area contributed by atoms with Gasteiger partial charge in [0.2, 0.25) is 5.91 Å². The molecule has 1 amide bonds. The molecule has 0 aliphatic heterocycles. The lowest BCUT2D eigenvalue weighted by Crippen LogP contribution is -2.39. The van der Waals surface area contributed by atoms with E-state index in [-0.39, 0.29) is 23.9 Å². The highest BCUT2D eigenvalue weighted by atomic mass is 32.2. The zero-order valence-corrected chi connectivity index (χ0v) is 16.2. The molecule has 2 aromatic carbocycles. The molecule has 0 aromatic heterocycles. The Morgan fingerprint density at radius 2 is 1.73 bits per heavy atom. The fraction of sp³-hybridized carbons (Fsp3) is 0.333. The van der Waals surface area contributed by atoms with Crippen molar-refractivity contribution in [2.75, 3.05) is 12.8 Å². The minimum atomic E-state index is -0.829. The standard InChI is InChI=1S/C21H24FNO2S/c1-21(2,14-19(24)16-8-10-17(26-3)11-9-16)20(25)23-13-12-15-6-4-5-7-18(15)22/h4-11H,12-14H2,1-3H3,(H,23,25). The summed E-state index contributed by atoms with van der Waals surface area (Å²) in [5.41, 5.74) is 0.343. The first-order valence-corrected chi connectivity index (χ1v) is 9.75. The minimum absolute atomic E-state index is 0.0630. The van der Waals surface area contributed by atoms with Gasteiger partial charge in [-0.1, -0.05) is 44.2 Å². The normalized spacial score (nSPS) is 11.2. The Bertz CT molecular complexity index is 772. The van der Waals surface area contributed by atoms with Crippen LogP contribution in [0.3, 0.4) is 0 Å². The molecule has 138 valence electrons. The number of carbonyl (C=O) groups is 2. The molecule has 0 atom stereocenters. The molecule has 0 aliphatic rings. The first kappa shape index (κ1) is 20.2. The third kappa shape index (κ3) is 5.43. The number of halogens is 1. The monoisotopic (exact) mass is 373 g/mol. The van der Waals surface area contributed by atoms with Crippen molar-refractivity contribution in [1.29, 1.82) is 0 Å². The highest BCUT2D eigenvalue weighted by Gasteiger charge is 2.30. The summed E-state index contributed by atoms with van der Waals surface area (Å²) >= 11 is 1.61. The predicted molar refractivity (Wildman–Crippen MR) is 104 cm³/mol. The summed E-state index contributed by atoms with van der Waals surface area (Å²) in [4.78, 5) is 26.0. The van der Waals surface area contributed by atoms with Gasteiger partial charge in [0, 0.05) is 23.4 Å². The van der Waals surface area contributed by atoms with Gasteiger partial charge in [0.25, 0.3) is 0 Å². The van der Waals surface area contributed by atoms with E-state index in [1.54, 1.807) is 55.9 Å². The van der Waals surface area contributed by atoms with E-state index < -0.39 is 5.41 Å². The van der Waals surface area contributed by atoms with Crippen LogP contribution in [-0.2, 0) is 11.2 Å². The maximum absolute atomic E-state index is 13.6. The smallest absolute Gasteiger partial charge is 0.226 e. The first-order valence-electron chi connectivity index (χ1n) is 8.52.